The molecule has 0 spiro atoms. The molecule has 2 aromatic heterocycles. The summed E-state index contributed by atoms with van der Waals surface area (Å²) in [5.74, 6) is 0. The van der Waals surface area contributed by atoms with Gasteiger partial charge in [-0.15, -0.1) is 0 Å². The van der Waals surface area contributed by atoms with Gasteiger partial charge in [0.05, 0.1) is 35.1 Å². The molecule has 2 aromatic carbocycles. The van der Waals surface area contributed by atoms with Gasteiger partial charge in [-0.3, -0.25) is 14.3 Å². The third-order valence-electron chi connectivity index (χ3n) is 6.78. The maximum Gasteiger partial charge on any atom is 0.261 e. The minimum atomic E-state index is -0.524. The summed E-state index contributed by atoms with van der Waals surface area (Å²) in [6.45, 7) is 0. The Bertz CT molecular complexity index is 1460. The second-order valence-corrected chi connectivity index (χ2v) is 8.85. The fraction of sp³-hybridized carbons (Fsp3) is 0.259. The summed E-state index contributed by atoms with van der Waals surface area (Å²) < 4.78 is 1.62. The Hall–Kier alpha value is -3.84. The van der Waals surface area contributed by atoms with Crippen LogP contribution in [-0.4, -0.2) is 32.0 Å². The van der Waals surface area contributed by atoms with Crippen LogP contribution in [0.4, 0.5) is 0 Å². The van der Waals surface area contributed by atoms with E-state index in [4.69, 9.17) is 11.1 Å². The first-order chi connectivity index (χ1) is 16.6. The second-order valence-electron chi connectivity index (χ2n) is 8.85. The first-order valence-corrected chi connectivity index (χ1v) is 11.6. The Morgan fingerprint density at radius 1 is 1.12 bits per heavy atom. The average Bonchev–Trinajstić information content (AvgIpc) is 2.87. The van der Waals surface area contributed by atoms with Gasteiger partial charge in [0.2, 0.25) is 0 Å². The van der Waals surface area contributed by atoms with Crippen LogP contribution in [0.3, 0.4) is 0 Å². The third kappa shape index (κ3) is 3.88. The minimum Gasteiger partial charge on any atom is -0.404 e. The predicted molar refractivity (Wildman–Crippen MR) is 135 cm³/mol. The second kappa shape index (κ2) is 9.19. The number of rotatable bonds is 5. The number of hydrogen-bond acceptors (Lipinski definition) is 6. The molecule has 4 aromatic rings. The number of aliphatic hydroxyl groups excluding tert-OH is 1. The van der Waals surface area contributed by atoms with Crippen LogP contribution < -0.4 is 11.3 Å². The number of nitrogens with zero attached hydrogens (tertiary/aromatic N) is 3. The lowest BCUT2D eigenvalue weighted by Gasteiger charge is -2.29. The van der Waals surface area contributed by atoms with Crippen molar-refractivity contribution < 1.29 is 5.11 Å². The summed E-state index contributed by atoms with van der Waals surface area (Å²) in [7, 11) is 0. The molecular formula is C27H27N5O2. The molecule has 0 aliphatic heterocycles. The highest BCUT2D eigenvalue weighted by molar-refractivity contribution is 6.07. The van der Waals surface area contributed by atoms with E-state index in [1.165, 1.54) is 12.4 Å². The zero-order chi connectivity index (χ0) is 23.7. The topological polar surface area (TPSA) is 118 Å². The van der Waals surface area contributed by atoms with Crippen LogP contribution in [-0.2, 0) is 6.42 Å². The van der Waals surface area contributed by atoms with E-state index in [1.807, 2.05) is 42.5 Å². The number of nitrogens with one attached hydrogen (secondary N) is 1. The molecule has 0 unspecified atom stereocenters. The van der Waals surface area contributed by atoms with E-state index in [1.54, 1.807) is 17.1 Å². The molecule has 2 atom stereocenters. The Balaban J connectivity index is 1.61. The molecule has 1 aliphatic rings. The van der Waals surface area contributed by atoms with Crippen LogP contribution in [0.1, 0.15) is 48.5 Å². The van der Waals surface area contributed by atoms with Crippen LogP contribution in [0.5, 0.6) is 0 Å². The molecule has 4 N–H and O–H groups in total. The van der Waals surface area contributed by atoms with Gasteiger partial charge in [0.15, 0.2) is 0 Å². The zero-order valence-corrected chi connectivity index (χ0v) is 18.8. The highest BCUT2D eigenvalue weighted by Crippen LogP contribution is 2.30. The molecule has 2 heterocycles. The van der Waals surface area contributed by atoms with Crippen LogP contribution in [0.2, 0.25) is 0 Å². The van der Waals surface area contributed by atoms with Gasteiger partial charge in [0.25, 0.3) is 5.56 Å². The Morgan fingerprint density at radius 2 is 1.91 bits per heavy atom. The van der Waals surface area contributed by atoms with Gasteiger partial charge in [-0.25, -0.2) is 4.98 Å². The smallest absolute Gasteiger partial charge is 0.261 e. The predicted octanol–water partition coefficient (Wildman–Crippen LogP) is 3.96. The largest absolute Gasteiger partial charge is 0.404 e. The average molecular weight is 454 g/mol. The van der Waals surface area contributed by atoms with E-state index in [0.29, 0.717) is 35.0 Å². The molecule has 1 fully saturated rings. The van der Waals surface area contributed by atoms with Gasteiger partial charge in [0, 0.05) is 29.6 Å². The van der Waals surface area contributed by atoms with Crippen LogP contribution >= 0.6 is 0 Å². The summed E-state index contributed by atoms with van der Waals surface area (Å²) >= 11 is 0. The van der Waals surface area contributed by atoms with E-state index in [-0.39, 0.29) is 11.6 Å². The van der Waals surface area contributed by atoms with Crippen molar-refractivity contribution in [2.45, 2.75) is 44.2 Å². The first-order valence-electron chi connectivity index (χ1n) is 11.6. The Kier molecular flexibility index (Phi) is 5.94. The number of benzene rings is 2. The van der Waals surface area contributed by atoms with Crippen LogP contribution in [0, 0.1) is 5.41 Å². The number of pyridine rings is 1. The van der Waals surface area contributed by atoms with Crippen molar-refractivity contribution in [1.82, 2.24) is 14.5 Å². The molecule has 1 aliphatic carbocycles. The van der Waals surface area contributed by atoms with E-state index in [0.717, 1.165) is 41.2 Å². The highest BCUT2D eigenvalue weighted by Gasteiger charge is 2.26. The van der Waals surface area contributed by atoms with Crippen molar-refractivity contribution in [2.24, 2.45) is 5.73 Å². The lowest BCUT2D eigenvalue weighted by Crippen LogP contribution is -2.34. The summed E-state index contributed by atoms with van der Waals surface area (Å²) in [6.07, 6.45) is 9.47. The summed E-state index contributed by atoms with van der Waals surface area (Å²) in [5.41, 5.74) is 9.34. The zero-order valence-electron chi connectivity index (χ0n) is 18.8. The third-order valence-corrected chi connectivity index (χ3v) is 6.78. The van der Waals surface area contributed by atoms with Crippen LogP contribution in [0.15, 0.2) is 66.0 Å². The maximum absolute atomic E-state index is 13.6. The molecule has 1 saturated carbocycles. The van der Waals surface area contributed by atoms with Gasteiger partial charge in [0.1, 0.15) is 0 Å². The van der Waals surface area contributed by atoms with Crippen molar-refractivity contribution in [2.75, 3.05) is 0 Å². The molecule has 0 saturated heterocycles. The standard InChI is InChI=1S/C27H27N5O2/c28-13-19(14-29)23-10-9-17(15-30-23)11-18-12-22-26(21-6-2-1-5-20(18)21)31-16-32(27(22)34)24-7-3-4-8-25(24)33/h1-2,5-6,9-10,12-16,24-25,28,33H,3-4,7-8,11,29H2/b19-14+,28-13?/t24-,25-/m0/s1. The summed E-state index contributed by atoms with van der Waals surface area (Å²) in [5, 5.41) is 20.5. The molecule has 5 rings (SSSR count). The van der Waals surface area contributed by atoms with Gasteiger partial charge < -0.3 is 16.2 Å². The van der Waals surface area contributed by atoms with Crippen molar-refractivity contribution in [1.29, 1.82) is 5.41 Å². The van der Waals surface area contributed by atoms with E-state index in [9.17, 15) is 9.90 Å². The first kappa shape index (κ1) is 22.0. The molecule has 172 valence electrons. The van der Waals surface area contributed by atoms with E-state index in [2.05, 4.69) is 9.97 Å². The number of hydrogen-bond donors (Lipinski definition) is 3. The number of aliphatic hydroxyl groups is 1. The Labute approximate surface area is 197 Å². The molecule has 34 heavy (non-hydrogen) atoms. The van der Waals surface area contributed by atoms with Crippen molar-refractivity contribution >= 4 is 33.5 Å². The number of allylic oxidation sites excluding steroid dienone is 1. The molecule has 0 amide bonds. The van der Waals surface area contributed by atoms with Gasteiger partial charge >= 0.3 is 0 Å². The monoisotopic (exact) mass is 453 g/mol. The van der Waals surface area contributed by atoms with Gasteiger partial charge in [-0.05, 0) is 47.9 Å². The molecule has 7 nitrogen and oxygen atoms in total. The number of fused-ring (bicyclic) bond motifs is 3. The van der Waals surface area contributed by atoms with E-state index >= 15 is 0 Å². The summed E-state index contributed by atoms with van der Waals surface area (Å²) in [6, 6.07) is 13.5. The lowest BCUT2D eigenvalue weighted by atomic mass is 9.92. The molecule has 7 heteroatoms. The molecule has 0 radical (unpaired) electrons. The SMILES string of the molecule is N=C/C(=C\N)c1ccc(Cc2cc3c(=O)n([C@H]4CCCC[C@@H]4O)cnc3c3ccccc23)cn1. The normalized spacial score (nSPS) is 18.9. The van der Waals surface area contributed by atoms with Crippen LogP contribution in [0.25, 0.3) is 27.2 Å². The lowest BCUT2D eigenvalue weighted by molar-refractivity contribution is 0.0735. The van der Waals surface area contributed by atoms with Crippen molar-refractivity contribution in [3.05, 3.63) is 88.4 Å². The van der Waals surface area contributed by atoms with Gasteiger partial charge in [-0.2, -0.15) is 0 Å². The Morgan fingerprint density at radius 3 is 2.62 bits per heavy atom. The summed E-state index contributed by atoms with van der Waals surface area (Å²) in [4.78, 5) is 22.7. The fourth-order valence-electron chi connectivity index (χ4n) is 4.97. The fourth-order valence-corrected chi connectivity index (χ4v) is 4.97. The highest BCUT2D eigenvalue weighted by atomic mass is 16.3. The maximum atomic E-state index is 13.6. The molecule has 0 bridgehead atoms. The quantitative estimate of drug-likeness (QED) is 0.312. The van der Waals surface area contributed by atoms with Crippen molar-refractivity contribution in [3.63, 3.8) is 0 Å². The van der Waals surface area contributed by atoms with Crippen molar-refractivity contribution in [3.8, 4) is 0 Å². The number of aromatic nitrogens is 3. The molecular weight excluding hydrogens is 426 g/mol. The number of nitrogens with two attached hydrogens (primary N) is 1. The minimum absolute atomic E-state index is 0.111. The van der Waals surface area contributed by atoms with E-state index < -0.39 is 6.10 Å². The van der Waals surface area contributed by atoms with Gasteiger partial charge in [-0.1, -0.05) is 43.2 Å².